The fourth-order valence-corrected chi connectivity index (χ4v) is 8.42. The van der Waals surface area contributed by atoms with Crippen molar-refractivity contribution >= 4 is 24.5 Å². The summed E-state index contributed by atoms with van der Waals surface area (Å²) in [5.74, 6) is 0.828. The minimum Gasteiger partial charge on any atom is -0.381 e. The van der Waals surface area contributed by atoms with Crippen LogP contribution in [0.5, 0.6) is 0 Å². The number of unbranched alkanes of at least 4 members (excludes halogenated alkanes) is 25. The van der Waals surface area contributed by atoms with Crippen molar-refractivity contribution in [1.82, 2.24) is 14.8 Å². The predicted octanol–water partition coefficient (Wildman–Crippen LogP) is 15.8. The van der Waals surface area contributed by atoms with Gasteiger partial charge in [-0.2, -0.15) is 0 Å². The van der Waals surface area contributed by atoms with E-state index in [1.165, 1.54) is 199 Å². The van der Waals surface area contributed by atoms with Crippen LogP contribution in [-0.2, 0) is 24.8 Å². The van der Waals surface area contributed by atoms with Gasteiger partial charge in [0.2, 0.25) is 0 Å². The van der Waals surface area contributed by atoms with Crippen molar-refractivity contribution in [3.05, 3.63) is 18.0 Å². The first kappa shape index (κ1) is 62.8. The van der Waals surface area contributed by atoms with Crippen molar-refractivity contribution in [1.29, 1.82) is 0 Å². The molecule has 0 saturated carbocycles. The Labute approximate surface area is 390 Å². The predicted molar refractivity (Wildman–Crippen MR) is 270 cm³/mol. The molecular weight excluding hydrogens is 791 g/mol. The molecule has 0 aromatic carbocycles. The first-order valence-corrected chi connectivity index (χ1v) is 27.4. The lowest BCUT2D eigenvalue weighted by Gasteiger charge is -2.22. The Morgan fingerprint density at radius 1 is 0.565 bits per heavy atom. The van der Waals surface area contributed by atoms with Crippen molar-refractivity contribution in [3.63, 3.8) is 0 Å². The zero-order chi connectivity index (χ0) is 45.7. The number of aldehydes is 2. The van der Waals surface area contributed by atoms with Gasteiger partial charge >= 0.3 is 0 Å². The molecule has 1 aromatic heterocycles. The van der Waals surface area contributed by atoms with E-state index in [0.29, 0.717) is 25.0 Å². The third-order valence-electron chi connectivity index (χ3n) is 11.9. The molecule has 1 unspecified atom stereocenters. The molecule has 0 bridgehead atoms. The summed E-state index contributed by atoms with van der Waals surface area (Å²) >= 11 is 1.68. The molecule has 0 aliphatic carbocycles. The van der Waals surface area contributed by atoms with Crippen molar-refractivity contribution in [3.8, 4) is 0 Å². The van der Waals surface area contributed by atoms with Crippen molar-refractivity contribution in [2.24, 2.45) is 0 Å². The van der Waals surface area contributed by atoms with Crippen LogP contribution >= 0.6 is 11.9 Å². The van der Waals surface area contributed by atoms with Crippen molar-refractivity contribution in [2.75, 3.05) is 40.4 Å². The van der Waals surface area contributed by atoms with Gasteiger partial charge < -0.3 is 28.5 Å². The molecule has 0 aliphatic heterocycles. The van der Waals surface area contributed by atoms with Crippen LogP contribution in [0.4, 0.5) is 0 Å². The molecule has 8 nitrogen and oxygen atoms in total. The number of aromatic nitrogens is 1. The highest BCUT2D eigenvalue weighted by atomic mass is 32.2. The van der Waals surface area contributed by atoms with E-state index in [4.69, 9.17) is 14.0 Å². The fraction of sp³-hybridized carbons (Fsp3) is 0.906. The minimum absolute atomic E-state index is 0.506. The minimum atomic E-state index is 0.506. The van der Waals surface area contributed by atoms with Gasteiger partial charge in [0.05, 0.1) is 23.7 Å². The van der Waals surface area contributed by atoms with E-state index in [1.807, 2.05) is 20.3 Å². The second-order valence-electron chi connectivity index (χ2n) is 17.6. The van der Waals surface area contributed by atoms with E-state index in [2.05, 4.69) is 42.5 Å². The molecule has 62 heavy (non-hydrogen) atoms. The SMILES string of the molecule is CCCCCCCCC(CC)OC.CCCCCCCCC(CCCCCCCC)OC.O=CCCCCCCCN(CCCCCCCC=O)CCCNSCc1ccon1. The monoisotopic (exact) mass is 896 g/mol. The van der Waals surface area contributed by atoms with Gasteiger partial charge in [-0.05, 0) is 77.4 Å². The van der Waals surface area contributed by atoms with Crippen LogP contribution in [0.2, 0.25) is 0 Å². The molecule has 1 N–H and O–H groups in total. The normalized spacial score (nSPS) is 11.7. The number of nitrogens with one attached hydrogen (secondary N) is 1. The van der Waals surface area contributed by atoms with E-state index >= 15 is 0 Å². The molecule has 0 fully saturated rings. The maximum Gasteiger partial charge on any atom is 0.124 e. The molecule has 1 heterocycles. The third kappa shape index (κ3) is 49.8. The highest BCUT2D eigenvalue weighted by molar-refractivity contribution is 7.96. The van der Waals surface area contributed by atoms with Gasteiger partial charge in [-0.15, -0.1) is 0 Å². The molecule has 0 spiro atoms. The molecule has 0 saturated heterocycles. The Hall–Kier alpha value is -1.26. The molecule has 1 aromatic rings. The zero-order valence-electron chi connectivity index (χ0n) is 42.1. The third-order valence-corrected chi connectivity index (χ3v) is 12.8. The topological polar surface area (TPSA) is 93.9 Å². The smallest absolute Gasteiger partial charge is 0.124 e. The summed E-state index contributed by atoms with van der Waals surface area (Å²) in [5, 5.41) is 3.91. The summed E-state index contributed by atoms with van der Waals surface area (Å²) in [7, 11) is 3.71. The highest BCUT2D eigenvalue weighted by Crippen LogP contribution is 2.17. The van der Waals surface area contributed by atoms with Crippen LogP contribution in [0.15, 0.2) is 16.9 Å². The van der Waals surface area contributed by atoms with Gasteiger partial charge in [0.1, 0.15) is 18.8 Å². The second-order valence-corrected chi connectivity index (χ2v) is 18.5. The first-order valence-electron chi connectivity index (χ1n) is 26.4. The standard InChI is InChI=1S/C23H41N3O3S.C18H38O.C12H26O/c27-19-11-7-3-1-5-9-16-26(17-10-6-2-4-8-12-20-28)18-13-15-24-30-22-23-14-21-29-25-23;1-4-6-8-10-12-14-16-18(19-3)17-15-13-11-9-7-5-2;1-4-6-7-8-9-10-11-12(5-2)13-3/h14,19-21,24H,1-13,15-18,22H2;18H,4-17H2,1-3H3;12H,4-11H2,1-3H3. The lowest BCUT2D eigenvalue weighted by molar-refractivity contribution is -0.108. The van der Waals surface area contributed by atoms with Gasteiger partial charge in [0, 0.05) is 39.7 Å². The number of rotatable bonds is 47. The van der Waals surface area contributed by atoms with Gasteiger partial charge in [-0.25, -0.2) is 0 Å². The summed E-state index contributed by atoms with van der Waals surface area (Å²) < 4.78 is 19.2. The number of ether oxygens (including phenoxy) is 2. The quantitative estimate of drug-likeness (QED) is 0.0390. The molecular formula is C53H105N3O5S. The average molecular weight is 897 g/mol. The number of hydrogen-bond acceptors (Lipinski definition) is 9. The number of hydrogen-bond donors (Lipinski definition) is 1. The van der Waals surface area contributed by atoms with Gasteiger partial charge in [-0.1, -0.05) is 199 Å². The number of nitrogens with zero attached hydrogens (tertiary/aromatic N) is 2. The number of carbonyl (C=O) groups is 2. The molecule has 0 aliphatic rings. The van der Waals surface area contributed by atoms with Crippen LogP contribution in [0, 0.1) is 0 Å². The van der Waals surface area contributed by atoms with Gasteiger partial charge in [-0.3, -0.25) is 4.72 Å². The molecule has 0 radical (unpaired) electrons. The summed E-state index contributed by atoms with van der Waals surface area (Å²) in [6.07, 6.45) is 49.1. The second kappa shape index (κ2) is 55.9. The Morgan fingerprint density at radius 3 is 1.37 bits per heavy atom. The van der Waals surface area contributed by atoms with E-state index in [0.717, 1.165) is 62.8 Å². The summed E-state index contributed by atoms with van der Waals surface area (Å²) in [4.78, 5) is 23.4. The van der Waals surface area contributed by atoms with Crippen LogP contribution in [-0.4, -0.2) is 75.2 Å². The van der Waals surface area contributed by atoms with Crippen molar-refractivity contribution in [2.45, 2.75) is 270 Å². The Balaban J connectivity index is 0. The lowest BCUT2D eigenvalue weighted by Crippen LogP contribution is -2.29. The molecule has 368 valence electrons. The Bertz CT molecular complexity index is 914. The van der Waals surface area contributed by atoms with Gasteiger partial charge in [0.15, 0.2) is 0 Å². The Morgan fingerprint density at radius 2 is 0.968 bits per heavy atom. The lowest BCUT2D eigenvalue weighted by atomic mass is 10.0. The number of carbonyl (C=O) groups excluding carboxylic acids is 2. The fourth-order valence-electron chi connectivity index (χ4n) is 7.73. The first-order chi connectivity index (χ1) is 30.6. The van der Waals surface area contributed by atoms with E-state index in [9.17, 15) is 9.59 Å². The largest absolute Gasteiger partial charge is 0.381 e. The summed E-state index contributed by atoms with van der Waals surface area (Å²) in [5.41, 5.74) is 0.968. The zero-order valence-corrected chi connectivity index (χ0v) is 42.9. The van der Waals surface area contributed by atoms with Crippen LogP contribution in [0.25, 0.3) is 0 Å². The highest BCUT2D eigenvalue weighted by Gasteiger charge is 2.08. The van der Waals surface area contributed by atoms with E-state index < -0.39 is 0 Å². The molecule has 0 amide bonds. The summed E-state index contributed by atoms with van der Waals surface area (Å²) in [6, 6.07) is 1.90. The van der Waals surface area contributed by atoms with Crippen LogP contribution < -0.4 is 4.72 Å². The summed E-state index contributed by atoms with van der Waals surface area (Å²) in [6.45, 7) is 13.5. The van der Waals surface area contributed by atoms with E-state index in [-0.39, 0.29) is 0 Å². The maximum absolute atomic E-state index is 10.4. The molecule has 1 atom stereocenters. The molecule has 1 rings (SSSR count). The Kier molecular flexibility index (Phi) is 56.6. The van der Waals surface area contributed by atoms with E-state index in [1.54, 1.807) is 18.2 Å². The number of methoxy groups -OCH3 is 2. The van der Waals surface area contributed by atoms with Crippen LogP contribution in [0.3, 0.4) is 0 Å². The van der Waals surface area contributed by atoms with Crippen molar-refractivity contribution < 1.29 is 23.6 Å². The average Bonchev–Trinajstić information content (AvgIpc) is 3.82. The van der Waals surface area contributed by atoms with Crippen LogP contribution in [0.1, 0.15) is 258 Å². The van der Waals surface area contributed by atoms with Gasteiger partial charge in [0.25, 0.3) is 0 Å². The molecule has 9 heteroatoms. The maximum atomic E-state index is 10.4.